The summed E-state index contributed by atoms with van der Waals surface area (Å²) in [6.07, 6.45) is 1.06. The quantitative estimate of drug-likeness (QED) is 0.492. The molecule has 0 aliphatic rings. The van der Waals surface area contributed by atoms with Crippen LogP contribution in [0.5, 0.6) is 0 Å². The fourth-order valence-electron chi connectivity index (χ4n) is 1.71. The highest BCUT2D eigenvalue weighted by molar-refractivity contribution is 6.33. The zero-order valence-electron chi connectivity index (χ0n) is 11.9. The molecule has 0 heterocycles. The van der Waals surface area contributed by atoms with Crippen molar-refractivity contribution in [3.05, 3.63) is 64.1 Å². The number of nitrogens with zero attached hydrogens (tertiary/aromatic N) is 1. The molecule has 2 N–H and O–H groups in total. The van der Waals surface area contributed by atoms with E-state index >= 15 is 0 Å². The molecular weight excluding hydrogens is 337 g/mol. The van der Waals surface area contributed by atoms with Crippen LogP contribution in [0.3, 0.4) is 0 Å². The summed E-state index contributed by atoms with van der Waals surface area (Å²) in [6, 6.07) is 13.7. The first-order chi connectivity index (χ1) is 11.0. The van der Waals surface area contributed by atoms with Gasteiger partial charge in [-0.2, -0.15) is 5.10 Å². The van der Waals surface area contributed by atoms with Gasteiger partial charge in [-0.1, -0.05) is 47.5 Å². The molecule has 0 bridgehead atoms. The molecule has 0 aromatic heterocycles. The standard InChI is InChI=1S/C16H13Cl2N3O2/c17-12-5-3-6-13(8-12)20-15(22)9-16(23)21-19-10-11-4-1-2-7-14(11)18/h1-8,10H,9H2,(H,20,22)(H,21,23). The lowest BCUT2D eigenvalue weighted by Crippen LogP contribution is -2.24. The van der Waals surface area contributed by atoms with Crippen LogP contribution in [-0.2, 0) is 9.59 Å². The largest absolute Gasteiger partial charge is 0.326 e. The Kier molecular flexibility index (Phi) is 6.14. The molecular formula is C16H13Cl2N3O2. The van der Waals surface area contributed by atoms with E-state index in [1.807, 2.05) is 0 Å². The van der Waals surface area contributed by atoms with E-state index in [0.717, 1.165) is 0 Å². The van der Waals surface area contributed by atoms with Crippen molar-refractivity contribution >= 4 is 46.9 Å². The maximum atomic E-state index is 11.7. The molecule has 0 unspecified atom stereocenters. The van der Waals surface area contributed by atoms with E-state index in [4.69, 9.17) is 23.2 Å². The molecule has 0 radical (unpaired) electrons. The number of amides is 2. The van der Waals surface area contributed by atoms with Gasteiger partial charge in [0.25, 0.3) is 0 Å². The number of anilines is 1. The fraction of sp³-hybridized carbons (Fsp3) is 0.0625. The average molecular weight is 350 g/mol. The van der Waals surface area contributed by atoms with Gasteiger partial charge in [-0.25, -0.2) is 5.43 Å². The molecule has 2 aromatic rings. The van der Waals surface area contributed by atoms with Gasteiger partial charge in [0.2, 0.25) is 11.8 Å². The maximum absolute atomic E-state index is 11.7. The topological polar surface area (TPSA) is 70.6 Å². The number of hydrogen-bond donors (Lipinski definition) is 2. The molecule has 2 amide bonds. The third-order valence-corrected chi connectivity index (χ3v) is 3.31. The summed E-state index contributed by atoms with van der Waals surface area (Å²) in [7, 11) is 0. The Hall–Kier alpha value is -2.37. The molecule has 118 valence electrons. The monoisotopic (exact) mass is 349 g/mol. The van der Waals surface area contributed by atoms with Gasteiger partial charge in [0, 0.05) is 21.3 Å². The molecule has 0 spiro atoms. The third-order valence-electron chi connectivity index (χ3n) is 2.73. The second-order valence-corrected chi connectivity index (χ2v) is 5.39. The lowest BCUT2D eigenvalue weighted by Gasteiger charge is -2.04. The Morgan fingerprint density at radius 2 is 1.83 bits per heavy atom. The SMILES string of the molecule is O=C(CC(=O)Nc1cccc(Cl)c1)NN=Cc1ccccc1Cl. The lowest BCUT2D eigenvalue weighted by molar-refractivity contribution is -0.126. The maximum Gasteiger partial charge on any atom is 0.249 e. The number of halogens is 2. The van der Waals surface area contributed by atoms with Crippen molar-refractivity contribution in [1.82, 2.24) is 5.43 Å². The highest BCUT2D eigenvalue weighted by atomic mass is 35.5. The summed E-state index contributed by atoms with van der Waals surface area (Å²) in [5.41, 5.74) is 3.46. The molecule has 23 heavy (non-hydrogen) atoms. The summed E-state index contributed by atoms with van der Waals surface area (Å²) in [6.45, 7) is 0. The minimum absolute atomic E-state index is 0.355. The van der Waals surface area contributed by atoms with E-state index in [1.165, 1.54) is 6.21 Å². The Morgan fingerprint density at radius 1 is 1.04 bits per heavy atom. The first-order valence-corrected chi connectivity index (χ1v) is 7.42. The summed E-state index contributed by atoms with van der Waals surface area (Å²) < 4.78 is 0. The smallest absolute Gasteiger partial charge is 0.249 e. The second kappa shape index (κ2) is 8.31. The summed E-state index contributed by atoms with van der Waals surface area (Å²) in [5, 5.41) is 7.35. The van der Waals surface area contributed by atoms with Crippen molar-refractivity contribution in [2.45, 2.75) is 6.42 Å². The molecule has 7 heteroatoms. The van der Waals surface area contributed by atoms with Crippen LogP contribution in [0, 0.1) is 0 Å². The van der Waals surface area contributed by atoms with Gasteiger partial charge < -0.3 is 5.32 Å². The van der Waals surface area contributed by atoms with Crippen LogP contribution >= 0.6 is 23.2 Å². The number of nitrogens with one attached hydrogen (secondary N) is 2. The number of hydrazone groups is 1. The zero-order valence-corrected chi connectivity index (χ0v) is 13.4. The van der Waals surface area contributed by atoms with Crippen LogP contribution in [0.2, 0.25) is 10.0 Å². The molecule has 2 rings (SSSR count). The van der Waals surface area contributed by atoms with E-state index < -0.39 is 11.8 Å². The molecule has 0 aliphatic heterocycles. The molecule has 0 atom stereocenters. The van der Waals surface area contributed by atoms with Crippen LogP contribution in [0.15, 0.2) is 53.6 Å². The van der Waals surface area contributed by atoms with Crippen LogP contribution in [0.4, 0.5) is 5.69 Å². The van der Waals surface area contributed by atoms with Gasteiger partial charge in [-0.3, -0.25) is 9.59 Å². The van der Waals surface area contributed by atoms with Gasteiger partial charge in [-0.15, -0.1) is 0 Å². The van der Waals surface area contributed by atoms with Gasteiger partial charge in [0.15, 0.2) is 0 Å². The number of carbonyl (C=O) groups excluding carboxylic acids is 2. The molecule has 5 nitrogen and oxygen atoms in total. The van der Waals surface area contributed by atoms with E-state index in [-0.39, 0.29) is 6.42 Å². The molecule has 2 aromatic carbocycles. The second-order valence-electron chi connectivity index (χ2n) is 4.55. The Balaban J connectivity index is 1.82. The Bertz CT molecular complexity index is 748. The molecule has 0 fully saturated rings. The summed E-state index contributed by atoms with van der Waals surface area (Å²) in [5.74, 6) is -0.995. The van der Waals surface area contributed by atoms with Crippen LogP contribution in [0.25, 0.3) is 0 Å². The zero-order chi connectivity index (χ0) is 16.7. The van der Waals surface area contributed by atoms with E-state index in [2.05, 4.69) is 15.8 Å². The van der Waals surface area contributed by atoms with Gasteiger partial charge in [0.1, 0.15) is 6.42 Å². The third kappa shape index (κ3) is 5.73. The number of rotatable bonds is 5. The summed E-state index contributed by atoms with van der Waals surface area (Å²) >= 11 is 11.8. The van der Waals surface area contributed by atoms with Crippen LogP contribution < -0.4 is 10.7 Å². The molecule has 0 aliphatic carbocycles. The normalized spacial score (nSPS) is 10.5. The number of carbonyl (C=O) groups is 2. The van der Waals surface area contributed by atoms with Gasteiger partial charge >= 0.3 is 0 Å². The van der Waals surface area contributed by atoms with E-state index in [0.29, 0.717) is 21.3 Å². The minimum Gasteiger partial charge on any atom is -0.326 e. The van der Waals surface area contributed by atoms with Crippen LogP contribution in [0.1, 0.15) is 12.0 Å². The lowest BCUT2D eigenvalue weighted by atomic mass is 10.2. The summed E-state index contributed by atoms with van der Waals surface area (Å²) in [4.78, 5) is 23.4. The predicted octanol–water partition coefficient (Wildman–Crippen LogP) is 3.47. The molecule has 0 saturated carbocycles. The van der Waals surface area contributed by atoms with Crippen molar-refractivity contribution in [1.29, 1.82) is 0 Å². The van der Waals surface area contributed by atoms with Crippen molar-refractivity contribution in [2.24, 2.45) is 5.10 Å². The van der Waals surface area contributed by atoms with Gasteiger partial charge in [0.05, 0.1) is 6.21 Å². The van der Waals surface area contributed by atoms with Crippen molar-refractivity contribution in [3.8, 4) is 0 Å². The van der Waals surface area contributed by atoms with Crippen molar-refractivity contribution in [3.63, 3.8) is 0 Å². The first kappa shape index (κ1) is 17.0. The fourth-order valence-corrected chi connectivity index (χ4v) is 2.09. The van der Waals surface area contributed by atoms with Gasteiger partial charge in [-0.05, 0) is 24.3 Å². The highest BCUT2D eigenvalue weighted by Crippen LogP contribution is 2.15. The average Bonchev–Trinajstić information content (AvgIpc) is 2.49. The Morgan fingerprint density at radius 3 is 2.57 bits per heavy atom. The minimum atomic E-state index is -0.534. The first-order valence-electron chi connectivity index (χ1n) is 6.66. The van der Waals surface area contributed by atoms with E-state index in [1.54, 1.807) is 48.5 Å². The number of hydrogen-bond acceptors (Lipinski definition) is 3. The van der Waals surface area contributed by atoms with Crippen LogP contribution in [-0.4, -0.2) is 18.0 Å². The predicted molar refractivity (Wildman–Crippen MR) is 91.9 cm³/mol. The van der Waals surface area contributed by atoms with Crippen molar-refractivity contribution < 1.29 is 9.59 Å². The number of benzene rings is 2. The highest BCUT2D eigenvalue weighted by Gasteiger charge is 2.09. The van der Waals surface area contributed by atoms with E-state index in [9.17, 15) is 9.59 Å². The van der Waals surface area contributed by atoms with Crippen molar-refractivity contribution in [2.75, 3.05) is 5.32 Å². The Labute approximate surface area is 143 Å². The molecule has 0 saturated heterocycles.